The highest BCUT2D eigenvalue weighted by molar-refractivity contribution is 6.30. The Kier molecular flexibility index (Phi) is 8.29. The molecule has 0 aromatic heterocycles. The zero-order valence-corrected chi connectivity index (χ0v) is 20.0. The van der Waals surface area contributed by atoms with Gasteiger partial charge in [0.05, 0.1) is 23.9 Å². The summed E-state index contributed by atoms with van der Waals surface area (Å²) in [4.78, 5) is 25.7. The highest BCUT2D eigenvalue weighted by atomic mass is 35.5. The lowest BCUT2D eigenvalue weighted by atomic mass is 10.1. The van der Waals surface area contributed by atoms with Crippen LogP contribution in [0.15, 0.2) is 60.7 Å². The monoisotopic (exact) mass is 495 g/mol. The average molecular weight is 496 g/mol. The van der Waals surface area contributed by atoms with Gasteiger partial charge < -0.3 is 20.1 Å². The number of carbonyl (C=O) groups excluding carboxylic acids is 2. The second-order valence-electron chi connectivity index (χ2n) is 7.87. The highest BCUT2D eigenvalue weighted by Gasteiger charge is 2.26. The van der Waals surface area contributed by atoms with E-state index in [1.54, 1.807) is 36.4 Å². The van der Waals surface area contributed by atoms with E-state index in [0.717, 1.165) is 6.07 Å². The van der Waals surface area contributed by atoms with Crippen LogP contribution in [0.3, 0.4) is 0 Å². The fourth-order valence-electron chi connectivity index (χ4n) is 3.25. The lowest BCUT2D eigenvalue weighted by Gasteiger charge is -2.22. The van der Waals surface area contributed by atoms with Gasteiger partial charge in [-0.05, 0) is 54.4 Å². The fourth-order valence-corrected chi connectivity index (χ4v) is 3.41. The topological polar surface area (TPSA) is 100 Å². The summed E-state index contributed by atoms with van der Waals surface area (Å²) in [7, 11) is 1.42. The first-order chi connectivity index (χ1) is 16.7. The Bertz CT molecular complexity index is 1290. The first-order valence-corrected chi connectivity index (χ1v) is 11.0. The van der Waals surface area contributed by atoms with Crippen molar-refractivity contribution in [1.29, 1.82) is 5.26 Å². The first-order valence-electron chi connectivity index (χ1n) is 10.6. The summed E-state index contributed by atoms with van der Waals surface area (Å²) < 4.78 is 25.3. The van der Waals surface area contributed by atoms with E-state index in [0.29, 0.717) is 22.7 Å². The Morgan fingerprint density at radius 3 is 2.43 bits per heavy atom. The zero-order chi connectivity index (χ0) is 25.5. The summed E-state index contributed by atoms with van der Waals surface area (Å²) in [5.41, 5.74) is 0.692. The SMILES string of the molecule is COc1ccc(NC(=O)C(Oc2ccccc2C#N)C(C)C)cc1NC(=O)c1ccc(Cl)cc1F. The summed E-state index contributed by atoms with van der Waals surface area (Å²) in [6.45, 7) is 3.64. The van der Waals surface area contributed by atoms with Gasteiger partial charge in [-0.25, -0.2) is 4.39 Å². The van der Waals surface area contributed by atoms with Gasteiger partial charge >= 0.3 is 0 Å². The van der Waals surface area contributed by atoms with Crippen LogP contribution in [0.5, 0.6) is 11.5 Å². The van der Waals surface area contributed by atoms with Gasteiger partial charge in [-0.2, -0.15) is 5.26 Å². The normalized spacial score (nSPS) is 11.3. The molecule has 3 aromatic carbocycles. The van der Waals surface area contributed by atoms with Crippen LogP contribution in [-0.2, 0) is 4.79 Å². The molecule has 7 nitrogen and oxygen atoms in total. The standard InChI is InChI=1S/C26H23ClFN3O4/c1-15(2)24(35-22-7-5-4-6-16(22)14-29)26(33)30-18-9-11-23(34-3)21(13-18)31-25(32)19-10-8-17(27)12-20(19)28/h4-13,15,24H,1-3H3,(H,30,33)(H,31,32). The van der Waals surface area contributed by atoms with Crippen molar-refractivity contribution in [2.45, 2.75) is 20.0 Å². The Labute approximate surface area is 207 Å². The summed E-state index contributed by atoms with van der Waals surface area (Å²) in [5, 5.41) is 14.8. The van der Waals surface area contributed by atoms with Gasteiger partial charge in [0.1, 0.15) is 23.4 Å². The van der Waals surface area contributed by atoms with Gasteiger partial charge in [-0.1, -0.05) is 37.6 Å². The lowest BCUT2D eigenvalue weighted by molar-refractivity contribution is -0.124. The molecule has 180 valence electrons. The quantitative estimate of drug-likeness (QED) is 0.420. The predicted molar refractivity (Wildman–Crippen MR) is 131 cm³/mol. The number of halogens is 2. The van der Waals surface area contributed by atoms with Crippen molar-refractivity contribution in [3.63, 3.8) is 0 Å². The maximum absolute atomic E-state index is 14.2. The molecule has 0 aliphatic rings. The molecule has 0 aliphatic heterocycles. The number of rotatable bonds is 8. The summed E-state index contributed by atoms with van der Waals surface area (Å²) in [6, 6.07) is 17.1. The van der Waals surface area contributed by atoms with Gasteiger partial charge in [-0.3, -0.25) is 9.59 Å². The van der Waals surface area contributed by atoms with Gasteiger partial charge in [0.2, 0.25) is 0 Å². The largest absolute Gasteiger partial charge is 0.495 e. The first kappa shape index (κ1) is 25.5. The molecule has 0 aliphatic carbocycles. The number of amides is 2. The number of nitriles is 1. The molecule has 2 N–H and O–H groups in total. The molecular formula is C26H23ClFN3O4. The van der Waals surface area contributed by atoms with Gasteiger partial charge in [0, 0.05) is 10.7 Å². The van der Waals surface area contributed by atoms with E-state index in [-0.39, 0.29) is 22.2 Å². The van der Waals surface area contributed by atoms with E-state index >= 15 is 0 Å². The molecule has 0 spiro atoms. The number of carbonyl (C=O) groups is 2. The molecule has 3 aromatic rings. The lowest BCUT2D eigenvalue weighted by Crippen LogP contribution is -2.37. The van der Waals surface area contributed by atoms with Crippen LogP contribution in [0.25, 0.3) is 0 Å². The summed E-state index contributed by atoms with van der Waals surface area (Å²) in [6.07, 6.45) is -0.896. The smallest absolute Gasteiger partial charge is 0.265 e. The van der Waals surface area contributed by atoms with Crippen LogP contribution in [0.2, 0.25) is 5.02 Å². The average Bonchev–Trinajstić information content (AvgIpc) is 2.82. The predicted octanol–water partition coefficient (Wildman–Crippen LogP) is 5.65. The molecule has 35 heavy (non-hydrogen) atoms. The number of para-hydroxylation sites is 1. The third-order valence-electron chi connectivity index (χ3n) is 5.02. The van der Waals surface area contributed by atoms with Crippen LogP contribution < -0.4 is 20.1 Å². The number of benzene rings is 3. The molecule has 9 heteroatoms. The molecule has 0 heterocycles. The molecule has 0 saturated heterocycles. The van der Waals surface area contributed by atoms with Crippen molar-refractivity contribution in [2.24, 2.45) is 5.92 Å². The number of anilines is 2. The number of ether oxygens (including phenoxy) is 2. The van der Waals surface area contributed by atoms with Crippen molar-refractivity contribution < 1.29 is 23.5 Å². The van der Waals surface area contributed by atoms with Crippen LogP contribution in [0.4, 0.5) is 15.8 Å². The van der Waals surface area contributed by atoms with Crippen molar-refractivity contribution in [2.75, 3.05) is 17.7 Å². The Balaban J connectivity index is 1.81. The molecule has 0 fully saturated rings. The third-order valence-corrected chi connectivity index (χ3v) is 5.25. The maximum Gasteiger partial charge on any atom is 0.265 e. The van der Waals surface area contributed by atoms with Gasteiger partial charge in [0.15, 0.2) is 6.10 Å². The zero-order valence-electron chi connectivity index (χ0n) is 19.3. The van der Waals surface area contributed by atoms with Crippen LogP contribution in [0, 0.1) is 23.1 Å². The summed E-state index contributed by atoms with van der Waals surface area (Å²) in [5.74, 6) is -1.53. The number of hydrogen-bond acceptors (Lipinski definition) is 5. The molecule has 1 unspecified atom stereocenters. The fraction of sp³-hybridized carbons (Fsp3) is 0.192. The third kappa shape index (κ3) is 6.28. The number of nitrogens with one attached hydrogen (secondary N) is 2. The van der Waals surface area contributed by atoms with Crippen molar-refractivity contribution in [3.8, 4) is 17.6 Å². The maximum atomic E-state index is 14.2. The second-order valence-corrected chi connectivity index (χ2v) is 8.31. The summed E-state index contributed by atoms with van der Waals surface area (Å²) >= 11 is 5.76. The highest BCUT2D eigenvalue weighted by Crippen LogP contribution is 2.29. The Morgan fingerprint density at radius 1 is 1.03 bits per heavy atom. The van der Waals surface area contributed by atoms with Crippen molar-refractivity contribution in [3.05, 3.63) is 82.6 Å². The molecule has 3 rings (SSSR count). The molecule has 0 bridgehead atoms. The minimum absolute atomic E-state index is 0.167. The second kappa shape index (κ2) is 11.4. The van der Waals surface area contributed by atoms with Crippen molar-refractivity contribution >= 4 is 34.8 Å². The van der Waals surface area contributed by atoms with Gasteiger partial charge in [0.25, 0.3) is 11.8 Å². The minimum Gasteiger partial charge on any atom is -0.495 e. The molecule has 2 amide bonds. The van der Waals surface area contributed by atoms with Crippen LogP contribution in [0.1, 0.15) is 29.8 Å². The van der Waals surface area contributed by atoms with Crippen LogP contribution >= 0.6 is 11.6 Å². The molecule has 0 radical (unpaired) electrons. The van der Waals surface area contributed by atoms with E-state index in [1.165, 1.54) is 25.3 Å². The number of methoxy groups -OCH3 is 1. The molecular weight excluding hydrogens is 473 g/mol. The Hall–Kier alpha value is -4.09. The van der Waals surface area contributed by atoms with E-state index in [1.807, 2.05) is 19.9 Å². The van der Waals surface area contributed by atoms with E-state index in [2.05, 4.69) is 10.6 Å². The van der Waals surface area contributed by atoms with E-state index < -0.39 is 23.7 Å². The Morgan fingerprint density at radius 2 is 1.77 bits per heavy atom. The van der Waals surface area contributed by atoms with Crippen LogP contribution in [-0.4, -0.2) is 25.0 Å². The van der Waals surface area contributed by atoms with Crippen molar-refractivity contribution in [1.82, 2.24) is 0 Å². The molecule has 0 saturated carbocycles. The van der Waals surface area contributed by atoms with E-state index in [4.69, 9.17) is 21.1 Å². The number of nitrogens with zero attached hydrogens (tertiary/aromatic N) is 1. The van der Waals surface area contributed by atoms with Gasteiger partial charge in [-0.15, -0.1) is 0 Å². The minimum atomic E-state index is -0.896. The van der Waals surface area contributed by atoms with E-state index in [9.17, 15) is 19.2 Å². The number of hydrogen-bond donors (Lipinski definition) is 2. The molecule has 1 atom stereocenters.